The van der Waals surface area contributed by atoms with Crippen LogP contribution in [-0.2, 0) is 9.59 Å². The summed E-state index contributed by atoms with van der Waals surface area (Å²) in [6, 6.07) is 7.67. The first-order valence-electron chi connectivity index (χ1n) is 15.2. The number of rotatable bonds is 8. The van der Waals surface area contributed by atoms with Crippen molar-refractivity contribution in [2.75, 3.05) is 20.2 Å². The molecular weight excluding hydrogens is 653 g/mol. The SMILES string of the molecule is CB(O)N1C[C@H](O)C[C@H]1C(=O)O.CC(C)(C)[O-].COc1ccc(-c2cc(O[C@@H]3C[C@@H](C(=O)O)N(B(C)O)C3)c3onc(C)c3n2)cc1.[K+]. The Morgan fingerprint density at radius 2 is 1.52 bits per heavy atom. The van der Waals surface area contributed by atoms with Gasteiger partial charge in [0.15, 0.2) is 5.75 Å². The van der Waals surface area contributed by atoms with E-state index < -0.39 is 55.9 Å². The van der Waals surface area contributed by atoms with E-state index in [1.165, 1.54) is 16.4 Å². The molecule has 15 nitrogen and oxygen atoms in total. The zero-order valence-electron chi connectivity index (χ0n) is 28.7. The second-order valence-corrected chi connectivity index (χ2v) is 12.5. The number of hydrogen-bond acceptors (Lipinski definition) is 13. The minimum atomic E-state index is -0.993. The predicted molar refractivity (Wildman–Crippen MR) is 172 cm³/mol. The molecule has 1 aromatic carbocycles. The van der Waals surface area contributed by atoms with Crippen molar-refractivity contribution in [3.05, 3.63) is 36.0 Å². The van der Waals surface area contributed by atoms with Crippen molar-refractivity contribution in [2.45, 2.75) is 84.1 Å². The predicted octanol–water partition coefficient (Wildman–Crippen LogP) is -2.01. The maximum atomic E-state index is 11.6. The van der Waals surface area contributed by atoms with Gasteiger partial charge in [-0.2, -0.15) is 0 Å². The van der Waals surface area contributed by atoms with E-state index in [2.05, 4.69) is 10.1 Å². The first-order valence-corrected chi connectivity index (χ1v) is 15.2. The van der Waals surface area contributed by atoms with Crippen molar-refractivity contribution in [1.82, 2.24) is 19.8 Å². The van der Waals surface area contributed by atoms with E-state index in [1.54, 1.807) is 47.7 Å². The van der Waals surface area contributed by atoms with E-state index >= 15 is 0 Å². The van der Waals surface area contributed by atoms with Gasteiger partial charge < -0.3 is 54.1 Å². The van der Waals surface area contributed by atoms with E-state index in [0.717, 1.165) is 11.3 Å². The maximum absolute atomic E-state index is 11.6. The number of hydrogen-bond donors (Lipinski definition) is 5. The summed E-state index contributed by atoms with van der Waals surface area (Å²) < 4.78 is 16.8. The summed E-state index contributed by atoms with van der Waals surface area (Å²) in [6.07, 6.45) is -0.629. The third-order valence-corrected chi connectivity index (χ3v) is 7.38. The summed E-state index contributed by atoms with van der Waals surface area (Å²) in [4.78, 5) is 29.7. The quantitative estimate of drug-likeness (QED) is 0.161. The van der Waals surface area contributed by atoms with Crippen molar-refractivity contribution < 1.29 is 105 Å². The van der Waals surface area contributed by atoms with Gasteiger partial charge in [0.25, 0.3) is 0 Å². The van der Waals surface area contributed by atoms with E-state index in [1.807, 2.05) is 24.3 Å². The van der Waals surface area contributed by atoms with Crippen LogP contribution in [0.1, 0.15) is 39.3 Å². The first-order chi connectivity index (χ1) is 21.9. The Bertz CT molecular complexity index is 1500. The number of nitrogens with zero attached hydrogens (tertiary/aromatic N) is 4. The molecule has 2 aromatic heterocycles. The minimum absolute atomic E-state index is 0. The number of carboxylic acid groups (broad SMARTS) is 2. The maximum Gasteiger partial charge on any atom is 1.00 e. The normalized spacial score (nSPS) is 20.9. The number of carboxylic acids is 2. The van der Waals surface area contributed by atoms with Crippen LogP contribution < -0.4 is 66.0 Å². The average Bonchev–Trinajstić information content (AvgIpc) is 3.70. The fraction of sp³-hybridized carbons (Fsp3) is 0.533. The van der Waals surface area contributed by atoms with Crippen molar-refractivity contribution in [3.8, 4) is 22.8 Å². The molecule has 4 heterocycles. The van der Waals surface area contributed by atoms with Gasteiger partial charge in [-0.3, -0.25) is 9.59 Å². The molecule has 3 aromatic rings. The number of aliphatic hydroxyl groups is 1. The van der Waals surface area contributed by atoms with Crippen molar-refractivity contribution in [1.29, 1.82) is 0 Å². The van der Waals surface area contributed by atoms with Crippen LogP contribution in [0.3, 0.4) is 0 Å². The number of aliphatic hydroxyl groups excluding tert-OH is 1. The second-order valence-electron chi connectivity index (χ2n) is 12.5. The number of β-amino-alcohol motifs (C(OH)–C–C–N with tert-alkyl or cyclic N) is 1. The smallest absolute Gasteiger partial charge is 0.850 e. The summed E-state index contributed by atoms with van der Waals surface area (Å²) in [5, 5.41) is 60.5. The van der Waals surface area contributed by atoms with Gasteiger partial charge >= 0.3 is 77.4 Å². The largest absolute Gasteiger partial charge is 1.00 e. The van der Waals surface area contributed by atoms with Crippen LogP contribution in [0.25, 0.3) is 22.4 Å². The Morgan fingerprint density at radius 1 is 1.00 bits per heavy atom. The zero-order chi connectivity index (χ0) is 35.2. The molecule has 0 radical (unpaired) electrons. The van der Waals surface area contributed by atoms with E-state index in [9.17, 15) is 24.8 Å². The molecule has 0 unspecified atom stereocenters. The second kappa shape index (κ2) is 18.2. The molecule has 2 aliphatic rings. The molecule has 4 atom stereocenters. The van der Waals surface area contributed by atoms with Crippen LogP contribution >= 0.6 is 0 Å². The van der Waals surface area contributed by atoms with Crippen LogP contribution in [0.5, 0.6) is 11.5 Å². The standard InChI is InChI=1S/C20H22BN3O6.C6H12BNO4.C4H9O.K/c1-11-18-19(30-23-11)17(9-15(22-18)12-4-6-13(28-3)7-5-12)29-14-8-16(20(25)26)24(10-14)21(2)27;1-7(12)8-3-4(9)2-5(8)6(10)11;1-4(2,3)5;/h4-7,9,14,16,27H,8,10H2,1-3H3,(H,25,26);4-5,9,12H,2-3H2,1H3,(H,10,11);1-3H3;/q;;-1;+1/t14-,16+;4-,5+;;/m11../s1. The van der Waals surface area contributed by atoms with Crippen LogP contribution in [0, 0.1) is 6.92 Å². The molecular formula is C30H43B2KN4O11. The summed E-state index contributed by atoms with van der Waals surface area (Å²) in [7, 11) is -0.100. The van der Waals surface area contributed by atoms with Gasteiger partial charge in [0.2, 0.25) is 5.58 Å². The van der Waals surface area contributed by atoms with Gasteiger partial charge in [0.05, 0.1) is 18.9 Å². The number of fused-ring (bicyclic) bond motifs is 1. The molecule has 18 heteroatoms. The van der Waals surface area contributed by atoms with Gasteiger partial charge in [-0.05, 0) is 51.3 Å². The van der Waals surface area contributed by atoms with Gasteiger partial charge in [0.1, 0.15) is 35.1 Å². The third kappa shape index (κ3) is 11.8. The van der Waals surface area contributed by atoms with Crippen LogP contribution in [0.15, 0.2) is 34.9 Å². The molecule has 0 amide bonds. The van der Waals surface area contributed by atoms with Gasteiger partial charge in [0, 0.05) is 31.1 Å². The van der Waals surface area contributed by atoms with Gasteiger partial charge in [-0.25, -0.2) is 4.98 Å². The summed E-state index contributed by atoms with van der Waals surface area (Å²) in [6.45, 7) is 10.2. The van der Waals surface area contributed by atoms with Crippen LogP contribution in [0.2, 0.25) is 13.6 Å². The molecule has 5 rings (SSSR count). The van der Waals surface area contributed by atoms with Crippen LogP contribution in [-0.4, -0.2) is 121 Å². The molecule has 0 aliphatic carbocycles. The zero-order valence-corrected chi connectivity index (χ0v) is 31.8. The number of pyridine rings is 1. The summed E-state index contributed by atoms with van der Waals surface area (Å²) >= 11 is 0. The average molecular weight is 696 g/mol. The van der Waals surface area contributed by atoms with Crippen molar-refractivity contribution in [3.63, 3.8) is 0 Å². The van der Waals surface area contributed by atoms with Crippen molar-refractivity contribution >= 4 is 37.1 Å². The number of aryl methyl sites for hydroxylation is 1. The molecule has 2 aliphatic heterocycles. The Hall–Kier alpha value is -2.09. The summed E-state index contributed by atoms with van der Waals surface area (Å²) in [5.74, 6) is -0.807. The Morgan fingerprint density at radius 3 is 1.98 bits per heavy atom. The van der Waals surface area contributed by atoms with E-state index in [0.29, 0.717) is 28.2 Å². The Kier molecular flexibility index (Phi) is 16.0. The number of ether oxygens (including phenoxy) is 2. The number of methoxy groups -OCH3 is 1. The topological polar surface area (TPSA) is 222 Å². The molecule has 0 spiro atoms. The van der Waals surface area contributed by atoms with Gasteiger partial charge in [-0.15, -0.1) is 5.60 Å². The number of aromatic nitrogens is 2. The third-order valence-electron chi connectivity index (χ3n) is 7.38. The van der Waals surface area contributed by atoms with E-state index in [-0.39, 0.29) is 77.3 Å². The minimum Gasteiger partial charge on any atom is -0.850 e. The number of aliphatic carboxylic acids is 2. The van der Waals surface area contributed by atoms with Crippen LogP contribution in [0.4, 0.5) is 0 Å². The monoisotopic (exact) mass is 696 g/mol. The molecule has 0 saturated carbocycles. The summed E-state index contributed by atoms with van der Waals surface area (Å²) in [5.41, 5.74) is 2.41. The fourth-order valence-electron chi connectivity index (χ4n) is 5.23. The number of benzene rings is 1. The number of carbonyl (C=O) groups is 2. The molecule has 2 saturated heterocycles. The van der Waals surface area contributed by atoms with Crippen molar-refractivity contribution in [2.24, 2.45) is 0 Å². The molecule has 2 fully saturated rings. The Balaban J connectivity index is 0.000000369. The molecule has 0 bridgehead atoms. The molecule has 48 heavy (non-hydrogen) atoms. The Labute approximate surface area is 322 Å². The van der Waals surface area contributed by atoms with Gasteiger partial charge in [-0.1, -0.05) is 25.9 Å². The van der Waals surface area contributed by atoms with E-state index in [4.69, 9.17) is 29.2 Å². The first kappa shape index (κ1) is 42.1. The molecule has 5 N–H and O–H groups in total. The molecule has 256 valence electrons. The fourth-order valence-corrected chi connectivity index (χ4v) is 5.23.